The molecular formula is C119H170N4O16. The third kappa shape index (κ3) is 11.5. The number of aromatic hydroxyl groups is 1. The Morgan fingerprint density at radius 2 is 0.583 bits per heavy atom. The number of fused-ring (bicyclic) bond motifs is 8. The first kappa shape index (κ1) is 81.8. The summed E-state index contributed by atoms with van der Waals surface area (Å²) in [6.45, 7) is 33.3. The minimum atomic E-state index is -2.62. The summed E-state index contributed by atoms with van der Waals surface area (Å²) < 4.78 is 174. The highest BCUT2D eigenvalue weighted by Gasteiger charge is 2.89. The number of phenolic OH excluding ortho intramolecular Hbond substituents is 1. The van der Waals surface area contributed by atoms with Gasteiger partial charge in [0.05, 0.1) is 51.8 Å². The minimum Gasteiger partial charge on any atom is -0.504 e. The Hall–Kier alpha value is -5.20. The van der Waals surface area contributed by atoms with Crippen LogP contribution in [0.15, 0.2) is 48.5 Å². The van der Waals surface area contributed by atoms with Gasteiger partial charge < -0.3 is 77.6 Å². The van der Waals surface area contributed by atoms with Crippen molar-refractivity contribution in [2.45, 2.75) is 406 Å². The average molecular weight is 1920 g/mol. The Kier molecular flexibility index (Phi) is 17.6. The van der Waals surface area contributed by atoms with Crippen molar-refractivity contribution in [3.8, 4) is 46.0 Å². The van der Waals surface area contributed by atoms with Gasteiger partial charge in [-0.2, -0.15) is 0 Å². The van der Waals surface area contributed by atoms with E-state index in [-0.39, 0.29) is 144 Å². The molecule has 0 radical (unpaired) electrons. The quantitative estimate of drug-likeness (QED) is 0.0590. The van der Waals surface area contributed by atoms with Crippen LogP contribution in [0.25, 0.3) is 0 Å². The maximum Gasteiger partial charge on any atom is 0.165 e. The van der Waals surface area contributed by atoms with Crippen LogP contribution < -0.4 is 33.2 Å². The fourth-order valence-corrected chi connectivity index (χ4v) is 37.6. The van der Waals surface area contributed by atoms with E-state index in [1.165, 1.54) is 40.7 Å². The minimum absolute atomic E-state index is 0.0318. The number of methoxy groups -OCH3 is 7. The predicted octanol–water partition coefficient (Wildman–Crippen LogP) is 18.6. The van der Waals surface area contributed by atoms with E-state index in [4.69, 9.17) is 60.3 Å². The molecule has 0 unspecified atom stereocenters. The van der Waals surface area contributed by atoms with Crippen molar-refractivity contribution >= 4 is 0 Å². The molecule has 0 aromatic heterocycles. The number of piperidine rings is 4. The number of likely N-dealkylation sites (tertiary alicyclic amines) is 4. The van der Waals surface area contributed by atoms with Crippen LogP contribution in [0, 0.1) is 90.7 Å². The molecule has 5 N–H and O–H groups in total. The van der Waals surface area contributed by atoms with Gasteiger partial charge in [0.15, 0.2) is 46.0 Å². The highest BCUT2D eigenvalue weighted by Crippen LogP contribution is 2.85. The van der Waals surface area contributed by atoms with Crippen LogP contribution in [0.4, 0.5) is 0 Å². The zero-order valence-corrected chi connectivity index (χ0v) is 87.2. The fraction of sp³-hybridized carbons (Fsp3) is 0.798. The van der Waals surface area contributed by atoms with E-state index >= 15 is 0 Å². The Labute approximate surface area is 846 Å². The second-order valence-electron chi connectivity index (χ2n) is 54.5. The fourth-order valence-electron chi connectivity index (χ4n) is 37.6. The van der Waals surface area contributed by atoms with Crippen LogP contribution >= 0.6 is 0 Å². The number of aliphatic hydroxyl groups is 4. The zero-order chi connectivity index (χ0) is 108. The van der Waals surface area contributed by atoms with Crippen LogP contribution in [0.3, 0.4) is 0 Å². The normalized spacial score (nSPS) is 44.9. The number of phenols is 1. The number of rotatable bonds is 19. The summed E-state index contributed by atoms with van der Waals surface area (Å²) in [7, 11) is 3.64. The van der Waals surface area contributed by atoms with Crippen molar-refractivity contribution in [2.75, 3.05) is 102 Å². The van der Waals surface area contributed by atoms with Gasteiger partial charge in [0, 0.05) is 176 Å². The molecule has 32 rings (SSSR count). The average Bonchev–Trinajstić information content (AvgIpc) is 1.40. The van der Waals surface area contributed by atoms with Gasteiger partial charge in [0.1, 0.15) is 46.8 Å². The van der Waals surface area contributed by atoms with Gasteiger partial charge in [-0.15, -0.1) is 0 Å². The molecule has 4 saturated heterocycles. The molecule has 20 nitrogen and oxygen atoms in total. The molecule has 139 heavy (non-hydrogen) atoms. The Morgan fingerprint density at radius 3 is 0.842 bits per heavy atom. The molecule has 0 amide bonds. The number of nitrogens with zero attached hydrogens (tertiary/aromatic N) is 4. The summed E-state index contributed by atoms with van der Waals surface area (Å²) >= 11 is 0. The lowest BCUT2D eigenvalue weighted by molar-refractivity contribution is -0.312. The Balaban J connectivity index is 0.000000104. The lowest BCUT2D eigenvalue weighted by Gasteiger charge is -2.75. The molecule has 28 atom stereocenters. The van der Waals surface area contributed by atoms with Crippen molar-refractivity contribution < 1.29 is 94.1 Å². The molecule has 4 aromatic rings. The molecule has 20 heteroatoms. The van der Waals surface area contributed by atoms with Crippen molar-refractivity contribution in [1.82, 2.24) is 19.6 Å². The standard InChI is InChI=1S/3C30H43NO4.C29H41NO4/c3*1-26(2,3)27(4,32)21-16-28-11-12-30(21,34-6)25-29(28)13-14-31(17-18-7-8-18)22(28)15-19-9-10-20(33-5)24(35-25)23(19)29;1-25(2,3)26(4,32)20-15-27-10-11-29(20,33-5)24-28(27)12-13-30(16-17-6-7-17)21(27)14-18-8-9-19(31)23(34-24)22(18)28/h3*9-10,18,21-22,25,32H,7-8,11-17H2,1-6H3;8-9,17,20-21,24,31-32H,6-7,10-16H2,1-5H3/t3*21-,22-,25-,27+,28-,29+,30-;20-,21-,24-,26+,27-,28+,29-/m1111/s1/i5D3,17D2;17D2;5D3;16D2. The molecule has 16 bridgehead atoms. The molecule has 762 valence electrons. The molecule has 8 heterocycles. The van der Waals surface area contributed by atoms with Gasteiger partial charge in [-0.05, 0) is 326 Å². The number of hydrogen-bond donors (Lipinski definition) is 5. The van der Waals surface area contributed by atoms with Crippen LogP contribution in [0.5, 0.6) is 46.0 Å². The van der Waals surface area contributed by atoms with Crippen molar-refractivity contribution in [1.29, 1.82) is 0 Å². The summed E-state index contributed by atoms with van der Waals surface area (Å²) in [5.74, 6) is 4.53. The van der Waals surface area contributed by atoms with E-state index in [0.29, 0.717) is 67.8 Å². The van der Waals surface area contributed by atoms with E-state index in [9.17, 15) is 33.8 Å². The van der Waals surface area contributed by atoms with Crippen LogP contribution in [-0.2, 0) is 66.3 Å². The largest absolute Gasteiger partial charge is 0.504 e. The third-order valence-corrected chi connectivity index (χ3v) is 46.7. The van der Waals surface area contributed by atoms with Crippen LogP contribution in [0.1, 0.15) is 326 Å². The van der Waals surface area contributed by atoms with E-state index < -0.39 is 95.3 Å². The first-order valence-corrected chi connectivity index (χ1v) is 54.3. The summed E-state index contributed by atoms with van der Waals surface area (Å²) in [5, 5.41) is 60.1. The predicted molar refractivity (Wildman–Crippen MR) is 535 cm³/mol. The van der Waals surface area contributed by atoms with Crippen molar-refractivity contribution in [3.63, 3.8) is 0 Å². The van der Waals surface area contributed by atoms with Crippen LogP contribution in [0.2, 0.25) is 0 Å². The number of hydrogen-bond acceptors (Lipinski definition) is 20. The molecular weight excluding hydrogens is 1740 g/mol. The second-order valence-corrected chi connectivity index (χ2v) is 54.5. The number of ether oxygens (including phenoxy) is 11. The van der Waals surface area contributed by atoms with Crippen molar-refractivity contribution in [3.05, 3.63) is 93.0 Å². The van der Waals surface area contributed by atoms with E-state index in [0.717, 1.165) is 195 Å². The molecule has 20 fully saturated rings. The Morgan fingerprint density at radius 1 is 0.331 bits per heavy atom. The van der Waals surface area contributed by atoms with Gasteiger partial charge in [-0.25, -0.2) is 0 Å². The smallest absolute Gasteiger partial charge is 0.165 e. The molecule has 4 aromatic carbocycles. The highest BCUT2D eigenvalue weighted by atomic mass is 16.6. The van der Waals surface area contributed by atoms with Gasteiger partial charge in [-0.1, -0.05) is 107 Å². The third-order valence-electron chi connectivity index (χ3n) is 46.7. The summed E-state index contributed by atoms with van der Waals surface area (Å²) in [5.41, 5.74) is -1.04. The first-order chi connectivity index (χ1) is 70.3. The topological polar surface area (TPSA) is 216 Å². The maximum absolute atomic E-state index is 12.3. The summed E-state index contributed by atoms with van der Waals surface area (Å²) in [6, 6.07) is 16.0. The second kappa shape index (κ2) is 29.9. The van der Waals surface area contributed by atoms with Gasteiger partial charge in [0.25, 0.3) is 0 Å². The monoisotopic (exact) mass is 1920 g/mol. The van der Waals surface area contributed by atoms with E-state index in [1.54, 1.807) is 46.6 Å². The lowest BCUT2D eigenvalue weighted by atomic mass is 9.33. The van der Waals surface area contributed by atoms with Gasteiger partial charge in [0.2, 0.25) is 0 Å². The number of benzene rings is 4. The Bertz CT molecular complexity index is 6190. The molecule has 28 aliphatic rings. The molecule has 8 spiro atoms. The molecule has 16 saturated carbocycles. The van der Waals surface area contributed by atoms with Gasteiger partial charge in [-0.3, -0.25) is 19.6 Å². The highest BCUT2D eigenvalue weighted by molar-refractivity contribution is 5.69. The first-order valence-electron chi connectivity index (χ1n) is 60.3. The lowest BCUT2D eigenvalue weighted by Crippen LogP contribution is -2.83. The summed E-state index contributed by atoms with van der Waals surface area (Å²) in [4.78, 5) is 9.43. The zero-order valence-electron chi connectivity index (χ0n) is 99.2. The van der Waals surface area contributed by atoms with Crippen molar-refractivity contribution in [2.24, 2.45) is 90.7 Å². The maximum atomic E-state index is 12.3. The van der Waals surface area contributed by atoms with E-state index in [2.05, 4.69) is 115 Å². The van der Waals surface area contributed by atoms with Gasteiger partial charge >= 0.3 is 0 Å². The molecule has 8 aliphatic heterocycles. The van der Waals surface area contributed by atoms with Crippen LogP contribution in [-0.4, -0.2) is 240 Å². The SMILES string of the molecule is [2H]C([2H])(C1CC1)N1CC[C@]23c4c5ccc(O)c4O[C@H]2[C@@]2(OC)CC[C@@]3(C[C@@H]2[C@](C)(O)C(C)(C)C)[C@H]1C5.[2H]C([2H])(C1CC1)N1CC[C@]23c4c5ccc(OC)c4O[C@H]2[C@@]2(OC)CC[C@@]3(C[C@@H]2[C@](C)(O)C(C)(C)C)[C@H]1C5.[2H]C([2H])([2H])Oc1ccc2c3c1O[C@H]1[C@@]4(OC)CC[C@@]5(C[C@@H]4[C@](C)(O)C(C)(C)C)[C@@H](C2)N(C([2H])([2H])C2CC2)CC[C@]315.[2H]C([2H])([2H])Oc1ccc2c3c1O[C@H]1[C@@]4(OC)CC[C@@]5(C[C@@H]4[C@](C)(O)C(C)(C)C)[C@@H](C2)N(CC2CC2)CC[C@]315. The molecule has 20 aliphatic carbocycles. The summed E-state index contributed by atoms with van der Waals surface area (Å²) in [6.07, 6.45) is 23.7. The van der Waals surface area contributed by atoms with E-state index in [1.807, 2.05) is 53.0 Å².